The lowest BCUT2D eigenvalue weighted by Crippen LogP contribution is -2.39. The minimum Gasteiger partial charge on any atom is -0.329 e. The average molecular weight is 417 g/mol. The molecule has 0 radical (unpaired) electrons. The minimum atomic E-state index is -0.256. The summed E-state index contributed by atoms with van der Waals surface area (Å²) in [5.74, 6) is -0.308. The van der Waals surface area contributed by atoms with Crippen molar-refractivity contribution in [2.24, 2.45) is 7.05 Å². The fourth-order valence-electron chi connectivity index (χ4n) is 4.76. The summed E-state index contributed by atoms with van der Waals surface area (Å²) in [6.07, 6.45) is 2.54. The maximum absolute atomic E-state index is 14.1. The molecule has 158 valence electrons. The van der Waals surface area contributed by atoms with Crippen molar-refractivity contribution in [2.75, 3.05) is 6.54 Å². The van der Waals surface area contributed by atoms with E-state index in [9.17, 15) is 9.18 Å². The van der Waals surface area contributed by atoms with E-state index in [4.69, 9.17) is 5.10 Å². The molecule has 0 saturated heterocycles. The van der Waals surface area contributed by atoms with E-state index in [-0.39, 0.29) is 17.8 Å². The predicted molar refractivity (Wildman–Crippen MR) is 116 cm³/mol. The number of amides is 1. The standard InChI is InChI=1S/C24H24FN5O/c1-14-11-17(13-18(25)12-14)23-19-8-10-29(16(3)21(19)27-28(23)4)24(31)22-15(2)26-20-7-5-6-9-30(20)22/h5-7,9,11-13,16H,8,10H2,1-4H3/t16-/m0/s1. The van der Waals surface area contributed by atoms with Gasteiger partial charge >= 0.3 is 0 Å². The first-order valence-electron chi connectivity index (χ1n) is 10.4. The van der Waals surface area contributed by atoms with Crippen LogP contribution in [-0.2, 0) is 13.5 Å². The molecule has 31 heavy (non-hydrogen) atoms. The summed E-state index contributed by atoms with van der Waals surface area (Å²) in [5.41, 5.74) is 6.61. The van der Waals surface area contributed by atoms with E-state index in [0.29, 0.717) is 24.4 Å². The van der Waals surface area contributed by atoms with Crippen LogP contribution in [0.4, 0.5) is 4.39 Å². The number of fused-ring (bicyclic) bond motifs is 2. The predicted octanol–water partition coefficient (Wildman–Crippen LogP) is 4.25. The molecule has 1 aliphatic rings. The van der Waals surface area contributed by atoms with E-state index >= 15 is 0 Å². The molecule has 0 fully saturated rings. The van der Waals surface area contributed by atoms with Gasteiger partial charge in [0, 0.05) is 30.9 Å². The Bertz CT molecular complexity index is 1320. The van der Waals surface area contributed by atoms with Crippen LogP contribution in [0.25, 0.3) is 16.9 Å². The fraction of sp³-hybridized carbons (Fsp3) is 0.292. The normalized spacial score (nSPS) is 16.0. The van der Waals surface area contributed by atoms with Crippen LogP contribution in [-0.4, -0.2) is 36.5 Å². The maximum Gasteiger partial charge on any atom is 0.273 e. The second-order valence-corrected chi connectivity index (χ2v) is 8.25. The van der Waals surface area contributed by atoms with Gasteiger partial charge < -0.3 is 4.90 Å². The highest BCUT2D eigenvalue weighted by Gasteiger charge is 2.35. The summed E-state index contributed by atoms with van der Waals surface area (Å²) in [6, 6.07) is 10.6. The van der Waals surface area contributed by atoms with E-state index in [0.717, 1.165) is 33.7 Å². The summed E-state index contributed by atoms with van der Waals surface area (Å²) in [7, 11) is 1.88. The molecule has 0 aliphatic carbocycles. The third-order valence-corrected chi connectivity index (χ3v) is 6.13. The van der Waals surface area contributed by atoms with Crippen LogP contribution in [0.5, 0.6) is 0 Å². The minimum absolute atomic E-state index is 0.0526. The number of rotatable bonds is 2. The molecule has 0 spiro atoms. The van der Waals surface area contributed by atoms with E-state index in [1.54, 1.807) is 6.07 Å². The number of carbonyl (C=O) groups excluding carboxylic acids is 1. The van der Waals surface area contributed by atoms with Crippen molar-refractivity contribution in [1.82, 2.24) is 24.1 Å². The van der Waals surface area contributed by atoms with Gasteiger partial charge in [0.25, 0.3) is 5.91 Å². The first-order valence-corrected chi connectivity index (χ1v) is 10.4. The molecule has 0 bridgehead atoms. The zero-order valence-corrected chi connectivity index (χ0v) is 18.1. The number of aromatic nitrogens is 4. The number of hydrogen-bond acceptors (Lipinski definition) is 3. The van der Waals surface area contributed by atoms with Gasteiger partial charge in [0.2, 0.25) is 0 Å². The zero-order valence-electron chi connectivity index (χ0n) is 18.1. The number of benzene rings is 1. The van der Waals surface area contributed by atoms with Gasteiger partial charge in [-0.2, -0.15) is 5.10 Å². The number of hydrogen-bond donors (Lipinski definition) is 0. The summed E-state index contributed by atoms with van der Waals surface area (Å²) >= 11 is 0. The van der Waals surface area contributed by atoms with E-state index in [1.807, 2.05) is 72.3 Å². The van der Waals surface area contributed by atoms with E-state index in [2.05, 4.69) is 4.98 Å². The molecule has 1 aromatic carbocycles. The molecule has 4 aromatic rings. The van der Waals surface area contributed by atoms with Gasteiger partial charge in [0.05, 0.1) is 23.1 Å². The Labute approximate surface area is 179 Å². The Balaban J connectivity index is 1.55. The molecule has 1 atom stereocenters. The van der Waals surface area contributed by atoms with Crippen molar-refractivity contribution >= 4 is 11.6 Å². The van der Waals surface area contributed by atoms with Gasteiger partial charge in [-0.05, 0) is 63.1 Å². The summed E-state index contributed by atoms with van der Waals surface area (Å²) in [4.78, 5) is 19.9. The molecule has 0 unspecified atom stereocenters. The maximum atomic E-state index is 14.1. The van der Waals surface area contributed by atoms with Gasteiger partial charge in [0.15, 0.2) is 0 Å². The number of halogens is 1. The lowest BCUT2D eigenvalue weighted by atomic mass is 9.94. The Morgan fingerprint density at radius 2 is 2.00 bits per heavy atom. The number of aryl methyl sites for hydroxylation is 3. The molecule has 1 aliphatic heterocycles. The van der Waals surface area contributed by atoms with Crippen LogP contribution in [0.2, 0.25) is 0 Å². The first-order chi connectivity index (χ1) is 14.8. The van der Waals surface area contributed by atoms with Crippen LogP contribution in [0.15, 0.2) is 42.6 Å². The third-order valence-electron chi connectivity index (χ3n) is 6.13. The summed E-state index contributed by atoms with van der Waals surface area (Å²) < 4.78 is 17.7. The number of pyridine rings is 1. The Hall–Kier alpha value is -3.48. The second kappa shape index (κ2) is 7.04. The highest BCUT2D eigenvalue weighted by atomic mass is 19.1. The van der Waals surface area contributed by atoms with Gasteiger partial charge in [-0.1, -0.05) is 6.07 Å². The van der Waals surface area contributed by atoms with Crippen molar-refractivity contribution in [1.29, 1.82) is 0 Å². The molecule has 4 heterocycles. The van der Waals surface area contributed by atoms with Gasteiger partial charge in [0.1, 0.15) is 17.2 Å². The fourth-order valence-corrected chi connectivity index (χ4v) is 4.76. The van der Waals surface area contributed by atoms with E-state index < -0.39 is 0 Å². The monoisotopic (exact) mass is 417 g/mol. The van der Waals surface area contributed by atoms with Crippen LogP contribution in [0, 0.1) is 19.7 Å². The molecule has 6 nitrogen and oxygen atoms in total. The highest BCUT2D eigenvalue weighted by Crippen LogP contribution is 2.36. The molecular weight excluding hydrogens is 393 g/mol. The van der Waals surface area contributed by atoms with Crippen molar-refractivity contribution < 1.29 is 9.18 Å². The zero-order chi connectivity index (χ0) is 21.9. The van der Waals surface area contributed by atoms with Crippen molar-refractivity contribution in [3.63, 3.8) is 0 Å². The molecule has 1 amide bonds. The average Bonchev–Trinajstić information content (AvgIpc) is 3.23. The van der Waals surface area contributed by atoms with Gasteiger partial charge in [-0.15, -0.1) is 0 Å². The molecule has 0 saturated carbocycles. The molecule has 7 heteroatoms. The lowest BCUT2D eigenvalue weighted by molar-refractivity contribution is 0.0665. The Morgan fingerprint density at radius 1 is 1.19 bits per heavy atom. The molecule has 5 rings (SSSR count). The van der Waals surface area contributed by atoms with E-state index in [1.165, 1.54) is 6.07 Å². The quantitative estimate of drug-likeness (QED) is 0.490. The Morgan fingerprint density at radius 3 is 2.77 bits per heavy atom. The third kappa shape index (κ3) is 3.03. The topological polar surface area (TPSA) is 55.4 Å². The lowest BCUT2D eigenvalue weighted by Gasteiger charge is -2.33. The summed E-state index contributed by atoms with van der Waals surface area (Å²) in [6.45, 7) is 6.32. The van der Waals surface area contributed by atoms with Crippen molar-refractivity contribution in [2.45, 2.75) is 33.2 Å². The largest absolute Gasteiger partial charge is 0.329 e. The molecule has 0 N–H and O–H groups in total. The number of nitrogens with zero attached hydrogens (tertiary/aromatic N) is 5. The number of imidazole rings is 1. The smallest absolute Gasteiger partial charge is 0.273 e. The highest BCUT2D eigenvalue weighted by molar-refractivity contribution is 5.95. The molecular formula is C24H24FN5O. The number of carbonyl (C=O) groups is 1. The SMILES string of the molecule is Cc1cc(F)cc(-c2c3c(nn2C)[C@H](C)N(C(=O)c2c(C)nc4ccccn24)CC3)c1. The van der Waals surface area contributed by atoms with Crippen molar-refractivity contribution in [3.8, 4) is 11.3 Å². The van der Waals surface area contributed by atoms with Crippen LogP contribution in [0.3, 0.4) is 0 Å². The van der Waals surface area contributed by atoms with Crippen molar-refractivity contribution in [3.05, 3.63) is 76.6 Å². The van der Waals surface area contributed by atoms with Crippen LogP contribution in [0.1, 0.15) is 46.0 Å². The van der Waals surface area contributed by atoms with Gasteiger partial charge in [-0.3, -0.25) is 13.9 Å². The second-order valence-electron chi connectivity index (χ2n) is 8.25. The van der Waals surface area contributed by atoms with Crippen LogP contribution < -0.4 is 0 Å². The molecule has 3 aromatic heterocycles. The summed E-state index contributed by atoms with van der Waals surface area (Å²) in [5, 5.41) is 4.74. The van der Waals surface area contributed by atoms with Gasteiger partial charge in [-0.25, -0.2) is 9.37 Å². The first kappa shape index (κ1) is 19.5. The van der Waals surface area contributed by atoms with Crippen LogP contribution >= 0.6 is 0 Å². The Kier molecular flexibility index (Phi) is 4.43.